The van der Waals surface area contributed by atoms with Gasteiger partial charge in [0.1, 0.15) is 5.75 Å². The Morgan fingerprint density at radius 3 is 2.44 bits per heavy atom. The second-order valence-corrected chi connectivity index (χ2v) is 9.60. The van der Waals surface area contributed by atoms with Gasteiger partial charge < -0.3 is 14.6 Å². The van der Waals surface area contributed by atoms with Gasteiger partial charge in [0, 0.05) is 17.8 Å². The van der Waals surface area contributed by atoms with Crippen molar-refractivity contribution < 1.29 is 9.53 Å². The number of carbonyl (C=O) groups is 1. The van der Waals surface area contributed by atoms with E-state index in [1.807, 2.05) is 60.7 Å². The van der Waals surface area contributed by atoms with Gasteiger partial charge in [-0.2, -0.15) is 0 Å². The fourth-order valence-corrected chi connectivity index (χ4v) is 4.78. The second-order valence-electron chi connectivity index (χ2n) is 8.66. The van der Waals surface area contributed by atoms with Gasteiger partial charge in [-0.1, -0.05) is 74.1 Å². The summed E-state index contributed by atoms with van der Waals surface area (Å²) >= 11 is 1.41. The highest BCUT2D eigenvalue weighted by atomic mass is 32.2. The molecule has 0 spiro atoms. The zero-order valence-electron chi connectivity index (χ0n) is 21.0. The van der Waals surface area contributed by atoms with E-state index in [4.69, 9.17) is 4.74 Å². The van der Waals surface area contributed by atoms with E-state index < -0.39 is 0 Å². The molecule has 0 saturated heterocycles. The number of carbonyl (C=O) groups excluding carboxylic acids is 1. The third-order valence-electron chi connectivity index (χ3n) is 6.24. The van der Waals surface area contributed by atoms with Crippen LogP contribution in [0.4, 0.5) is 5.69 Å². The van der Waals surface area contributed by atoms with Crippen LogP contribution in [-0.2, 0) is 17.8 Å². The highest BCUT2D eigenvalue weighted by molar-refractivity contribution is 7.99. The Balaban J connectivity index is 1.51. The first kappa shape index (κ1) is 25.5. The number of benzene rings is 3. The molecule has 0 fully saturated rings. The second kappa shape index (κ2) is 12.4. The van der Waals surface area contributed by atoms with Gasteiger partial charge in [0.2, 0.25) is 5.91 Å². The Bertz CT molecular complexity index is 1270. The van der Waals surface area contributed by atoms with Crippen LogP contribution in [0.3, 0.4) is 0 Å². The van der Waals surface area contributed by atoms with E-state index in [-0.39, 0.29) is 11.7 Å². The Labute approximate surface area is 217 Å². The van der Waals surface area contributed by atoms with Crippen molar-refractivity contribution in [3.63, 3.8) is 0 Å². The van der Waals surface area contributed by atoms with Crippen molar-refractivity contribution in [1.29, 1.82) is 0 Å². The van der Waals surface area contributed by atoms with Crippen molar-refractivity contribution in [2.75, 3.05) is 18.2 Å². The van der Waals surface area contributed by atoms with Gasteiger partial charge in [0.15, 0.2) is 11.0 Å². The van der Waals surface area contributed by atoms with E-state index in [1.165, 1.54) is 17.3 Å². The number of para-hydroxylation sites is 1. The Hall–Kier alpha value is -3.58. The summed E-state index contributed by atoms with van der Waals surface area (Å²) in [6.45, 7) is 5.04. The summed E-state index contributed by atoms with van der Waals surface area (Å²) in [5.41, 5.74) is 4.23. The lowest BCUT2D eigenvalue weighted by atomic mass is 9.97. The van der Waals surface area contributed by atoms with Gasteiger partial charge >= 0.3 is 0 Å². The lowest BCUT2D eigenvalue weighted by Crippen LogP contribution is -2.16. The van der Waals surface area contributed by atoms with Gasteiger partial charge in [-0.3, -0.25) is 4.79 Å². The van der Waals surface area contributed by atoms with Gasteiger partial charge in [-0.25, -0.2) is 0 Å². The minimum atomic E-state index is -0.0561. The lowest BCUT2D eigenvalue weighted by Gasteiger charge is -2.15. The standard InChI is InChI=1S/C29H32N4O2S/c1-4-21(2)25-12-8-9-13-26(25)30-27(34)20-36-29-32-31-28(23-14-16-24(35-3)17-15-23)33(29)19-18-22-10-6-5-7-11-22/h5-17,21H,4,18-20H2,1-3H3,(H,30,34). The quantitative estimate of drug-likeness (QED) is 0.240. The van der Waals surface area contributed by atoms with Crippen molar-refractivity contribution >= 4 is 23.4 Å². The summed E-state index contributed by atoms with van der Waals surface area (Å²) in [6, 6.07) is 26.2. The molecule has 1 unspecified atom stereocenters. The summed E-state index contributed by atoms with van der Waals surface area (Å²) in [6.07, 6.45) is 1.85. The average Bonchev–Trinajstić information content (AvgIpc) is 3.34. The van der Waals surface area contributed by atoms with E-state index in [0.29, 0.717) is 12.5 Å². The molecule has 4 aromatic rings. The molecule has 186 valence electrons. The monoisotopic (exact) mass is 500 g/mol. The average molecular weight is 501 g/mol. The first-order valence-electron chi connectivity index (χ1n) is 12.2. The maximum Gasteiger partial charge on any atom is 0.234 e. The molecule has 0 bridgehead atoms. The third kappa shape index (κ3) is 6.34. The number of amides is 1. The first-order chi connectivity index (χ1) is 17.6. The number of aromatic nitrogens is 3. The van der Waals surface area contributed by atoms with E-state index >= 15 is 0 Å². The van der Waals surface area contributed by atoms with Crippen LogP contribution in [0, 0.1) is 0 Å². The summed E-state index contributed by atoms with van der Waals surface area (Å²) in [7, 11) is 1.65. The molecule has 4 rings (SSSR count). The fourth-order valence-electron chi connectivity index (χ4n) is 4.01. The number of ether oxygens (including phenoxy) is 1. The smallest absolute Gasteiger partial charge is 0.234 e. The fraction of sp³-hybridized carbons (Fsp3) is 0.276. The molecular weight excluding hydrogens is 468 g/mol. The molecule has 1 N–H and O–H groups in total. The minimum absolute atomic E-state index is 0.0561. The van der Waals surface area contributed by atoms with Crippen molar-refractivity contribution in [3.05, 3.63) is 90.0 Å². The number of anilines is 1. The largest absolute Gasteiger partial charge is 0.497 e. The summed E-state index contributed by atoms with van der Waals surface area (Å²) < 4.78 is 7.40. The summed E-state index contributed by atoms with van der Waals surface area (Å²) in [4.78, 5) is 12.9. The maximum atomic E-state index is 12.9. The van der Waals surface area contributed by atoms with Crippen LogP contribution in [0.5, 0.6) is 5.75 Å². The van der Waals surface area contributed by atoms with Crippen LogP contribution in [0.2, 0.25) is 0 Å². The topological polar surface area (TPSA) is 69.0 Å². The predicted molar refractivity (Wildman–Crippen MR) is 147 cm³/mol. The summed E-state index contributed by atoms with van der Waals surface area (Å²) in [5.74, 6) is 2.14. The van der Waals surface area contributed by atoms with E-state index in [2.05, 4.69) is 52.1 Å². The molecule has 0 aliphatic heterocycles. The number of hydrogen-bond donors (Lipinski definition) is 1. The number of nitrogens with one attached hydrogen (secondary N) is 1. The normalized spacial score (nSPS) is 11.8. The molecule has 0 saturated carbocycles. The van der Waals surface area contributed by atoms with Gasteiger partial charge in [-0.15, -0.1) is 10.2 Å². The summed E-state index contributed by atoms with van der Waals surface area (Å²) in [5, 5.41) is 12.8. The Morgan fingerprint density at radius 2 is 1.72 bits per heavy atom. The Morgan fingerprint density at radius 1 is 1.00 bits per heavy atom. The van der Waals surface area contributed by atoms with Crippen LogP contribution < -0.4 is 10.1 Å². The molecule has 7 heteroatoms. The third-order valence-corrected chi connectivity index (χ3v) is 7.21. The predicted octanol–water partition coefficient (Wildman–Crippen LogP) is 6.44. The first-order valence-corrected chi connectivity index (χ1v) is 13.2. The number of hydrogen-bond acceptors (Lipinski definition) is 5. The molecule has 0 aliphatic rings. The van der Waals surface area contributed by atoms with Crippen molar-refractivity contribution in [1.82, 2.24) is 14.8 Å². The highest BCUT2D eigenvalue weighted by Crippen LogP contribution is 2.28. The molecule has 3 aromatic carbocycles. The molecule has 1 amide bonds. The van der Waals surface area contributed by atoms with Crippen molar-refractivity contribution in [2.24, 2.45) is 0 Å². The van der Waals surface area contributed by atoms with E-state index in [1.54, 1.807) is 7.11 Å². The van der Waals surface area contributed by atoms with E-state index in [0.717, 1.165) is 46.4 Å². The van der Waals surface area contributed by atoms with Crippen LogP contribution in [0.1, 0.15) is 37.3 Å². The number of methoxy groups -OCH3 is 1. The SMILES string of the molecule is CCC(C)c1ccccc1NC(=O)CSc1nnc(-c2ccc(OC)cc2)n1CCc1ccccc1. The van der Waals surface area contributed by atoms with Crippen molar-refractivity contribution in [2.45, 2.75) is 44.3 Å². The lowest BCUT2D eigenvalue weighted by molar-refractivity contribution is -0.113. The van der Waals surface area contributed by atoms with Crippen LogP contribution in [0.15, 0.2) is 84.0 Å². The Kier molecular flexibility index (Phi) is 8.79. The van der Waals surface area contributed by atoms with Gasteiger partial charge in [-0.05, 0) is 60.2 Å². The highest BCUT2D eigenvalue weighted by Gasteiger charge is 2.17. The molecule has 0 aliphatic carbocycles. The molecule has 1 aromatic heterocycles. The molecular formula is C29H32N4O2S. The number of aryl methyl sites for hydroxylation is 1. The number of nitrogens with zero attached hydrogens (tertiary/aromatic N) is 3. The number of thioether (sulfide) groups is 1. The molecule has 0 radical (unpaired) electrons. The van der Waals surface area contributed by atoms with Crippen LogP contribution in [0.25, 0.3) is 11.4 Å². The van der Waals surface area contributed by atoms with Crippen LogP contribution >= 0.6 is 11.8 Å². The maximum absolute atomic E-state index is 12.9. The molecule has 36 heavy (non-hydrogen) atoms. The van der Waals surface area contributed by atoms with Gasteiger partial charge in [0.05, 0.1) is 12.9 Å². The number of rotatable bonds is 11. The van der Waals surface area contributed by atoms with Crippen LogP contribution in [-0.4, -0.2) is 33.5 Å². The zero-order chi connectivity index (χ0) is 25.3. The zero-order valence-corrected chi connectivity index (χ0v) is 21.8. The van der Waals surface area contributed by atoms with E-state index in [9.17, 15) is 4.79 Å². The minimum Gasteiger partial charge on any atom is -0.497 e. The molecule has 1 heterocycles. The molecule has 1 atom stereocenters. The van der Waals surface area contributed by atoms with Crippen molar-refractivity contribution in [3.8, 4) is 17.1 Å². The van der Waals surface area contributed by atoms with Gasteiger partial charge in [0.25, 0.3) is 0 Å². The molecule has 6 nitrogen and oxygen atoms in total.